The van der Waals surface area contributed by atoms with E-state index in [-0.39, 0.29) is 17.4 Å². The number of imidazole rings is 1. The Labute approximate surface area is 192 Å². The SMILES string of the molecule is C=CC(=O)Nc1cccc(-n2c(NC(=O)c3cccc(C(F)(F)F)c3)nc3cc(C)ccc32)c1. The first-order valence-electron chi connectivity index (χ1n) is 10.2. The Balaban J connectivity index is 1.78. The van der Waals surface area contributed by atoms with Gasteiger partial charge in [-0.15, -0.1) is 0 Å². The van der Waals surface area contributed by atoms with Gasteiger partial charge in [0.1, 0.15) is 0 Å². The molecule has 4 aromatic rings. The summed E-state index contributed by atoms with van der Waals surface area (Å²) in [5.74, 6) is -1.01. The zero-order valence-electron chi connectivity index (χ0n) is 18.0. The summed E-state index contributed by atoms with van der Waals surface area (Å²) in [4.78, 5) is 29.1. The summed E-state index contributed by atoms with van der Waals surface area (Å²) in [6, 6.07) is 16.5. The van der Waals surface area contributed by atoms with Gasteiger partial charge in [-0.05, 0) is 67.1 Å². The molecule has 0 aliphatic carbocycles. The van der Waals surface area contributed by atoms with Crippen LogP contribution in [-0.2, 0) is 11.0 Å². The molecule has 0 aliphatic heterocycles. The van der Waals surface area contributed by atoms with Crippen molar-refractivity contribution in [2.45, 2.75) is 13.1 Å². The van der Waals surface area contributed by atoms with Crippen LogP contribution in [-0.4, -0.2) is 21.4 Å². The largest absolute Gasteiger partial charge is 0.416 e. The van der Waals surface area contributed by atoms with Gasteiger partial charge in [0.25, 0.3) is 5.91 Å². The normalized spacial score (nSPS) is 11.3. The van der Waals surface area contributed by atoms with Crippen LogP contribution in [0.4, 0.5) is 24.8 Å². The number of carbonyl (C=O) groups excluding carboxylic acids is 2. The van der Waals surface area contributed by atoms with Crippen molar-refractivity contribution in [1.29, 1.82) is 0 Å². The molecule has 0 fully saturated rings. The van der Waals surface area contributed by atoms with Gasteiger partial charge in [0.15, 0.2) is 0 Å². The van der Waals surface area contributed by atoms with Crippen molar-refractivity contribution in [1.82, 2.24) is 9.55 Å². The smallest absolute Gasteiger partial charge is 0.322 e. The molecule has 0 unspecified atom stereocenters. The summed E-state index contributed by atoms with van der Waals surface area (Å²) in [6.45, 7) is 5.32. The van der Waals surface area contributed by atoms with Gasteiger partial charge in [0, 0.05) is 11.3 Å². The third-order valence-electron chi connectivity index (χ3n) is 5.04. The van der Waals surface area contributed by atoms with Gasteiger partial charge >= 0.3 is 6.18 Å². The topological polar surface area (TPSA) is 76.0 Å². The number of rotatable bonds is 5. The second kappa shape index (κ2) is 8.86. The number of hydrogen-bond acceptors (Lipinski definition) is 3. The maximum Gasteiger partial charge on any atom is 0.416 e. The van der Waals surface area contributed by atoms with Crippen molar-refractivity contribution in [2.75, 3.05) is 10.6 Å². The van der Waals surface area contributed by atoms with Crippen molar-refractivity contribution in [3.05, 3.63) is 96.1 Å². The van der Waals surface area contributed by atoms with Crippen LogP contribution in [0.3, 0.4) is 0 Å². The second-order valence-electron chi connectivity index (χ2n) is 7.54. The highest BCUT2D eigenvalue weighted by Crippen LogP contribution is 2.30. The van der Waals surface area contributed by atoms with Crippen molar-refractivity contribution in [3.8, 4) is 5.69 Å². The third kappa shape index (κ3) is 4.68. The summed E-state index contributed by atoms with van der Waals surface area (Å²) >= 11 is 0. The van der Waals surface area contributed by atoms with Gasteiger partial charge in [-0.3, -0.25) is 19.5 Å². The molecule has 3 aromatic carbocycles. The highest BCUT2D eigenvalue weighted by Gasteiger charge is 2.31. The Morgan fingerprint density at radius 3 is 2.50 bits per heavy atom. The molecule has 0 saturated carbocycles. The lowest BCUT2D eigenvalue weighted by molar-refractivity contribution is -0.137. The molecule has 0 spiro atoms. The van der Waals surface area contributed by atoms with E-state index in [1.165, 1.54) is 12.1 Å². The molecule has 2 amide bonds. The lowest BCUT2D eigenvalue weighted by Gasteiger charge is -2.13. The third-order valence-corrected chi connectivity index (χ3v) is 5.04. The molecular formula is C25H19F3N4O2. The van der Waals surface area contributed by atoms with Crippen LogP contribution in [0.25, 0.3) is 16.7 Å². The lowest BCUT2D eigenvalue weighted by Crippen LogP contribution is -2.17. The van der Waals surface area contributed by atoms with Crippen molar-refractivity contribution < 1.29 is 22.8 Å². The number of nitrogens with one attached hydrogen (secondary N) is 2. The molecule has 6 nitrogen and oxygen atoms in total. The number of aromatic nitrogens is 2. The van der Waals surface area contributed by atoms with Gasteiger partial charge in [-0.1, -0.05) is 24.8 Å². The molecule has 0 atom stereocenters. The van der Waals surface area contributed by atoms with E-state index in [1.54, 1.807) is 28.8 Å². The minimum atomic E-state index is -4.57. The number of halogens is 3. The maximum absolute atomic E-state index is 13.1. The minimum absolute atomic E-state index is 0.121. The molecule has 1 aromatic heterocycles. The number of anilines is 2. The number of carbonyl (C=O) groups is 2. The zero-order valence-corrected chi connectivity index (χ0v) is 18.0. The molecule has 34 heavy (non-hydrogen) atoms. The maximum atomic E-state index is 13.1. The van der Waals surface area contributed by atoms with Gasteiger partial charge < -0.3 is 5.32 Å². The summed E-state index contributed by atoms with van der Waals surface area (Å²) in [6.07, 6.45) is -3.43. The Morgan fingerprint density at radius 1 is 1.00 bits per heavy atom. The van der Waals surface area contributed by atoms with E-state index in [1.807, 2.05) is 25.1 Å². The standard InChI is InChI=1S/C25H19F3N4O2/c1-3-22(33)29-18-8-5-9-19(14-18)32-21-11-10-15(2)12-20(21)30-24(32)31-23(34)16-6-4-7-17(13-16)25(26,27)28/h3-14H,1H2,2H3,(H,29,33)(H,30,31,34). The van der Waals surface area contributed by atoms with E-state index in [4.69, 9.17) is 0 Å². The first-order valence-corrected chi connectivity index (χ1v) is 10.2. The molecule has 0 bridgehead atoms. The average molecular weight is 464 g/mol. The second-order valence-corrected chi connectivity index (χ2v) is 7.54. The highest BCUT2D eigenvalue weighted by molar-refractivity contribution is 6.04. The predicted octanol–water partition coefficient (Wildman–Crippen LogP) is 5.73. The minimum Gasteiger partial charge on any atom is -0.322 e. The van der Waals surface area contributed by atoms with Crippen LogP contribution in [0.2, 0.25) is 0 Å². The van der Waals surface area contributed by atoms with Gasteiger partial charge in [-0.25, -0.2) is 4.98 Å². The van der Waals surface area contributed by atoms with Crippen molar-refractivity contribution >= 4 is 34.5 Å². The van der Waals surface area contributed by atoms with Crippen LogP contribution in [0.5, 0.6) is 0 Å². The number of amides is 2. The summed E-state index contributed by atoms with van der Waals surface area (Å²) in [5.41, 5.74) is 2.18. The monoisotopic (exact) mass is 464 g/mol. The fraction of sp³-hybridized carbons (Fsp3) is 0.0800. The molecule has 4 rings (SSSR count). The van der Waals surface area contributed by atoms with Gasteiger partial charge in [0.2, 0.25) is 11.9 Å². The highest BCUT2D eigenvalue weighted by atomic mass is 19.4. The molecule has 0 aliphatic rings. The Kier molecular flexibility index (Phi) is 5.93. The fourth-order valence-electron chi connectivity index (χ4n) is 3.46. The number of nitrogens with zero attached hydrogens (tertiary/aromatic N) is 2. The van der Waals surface area contributed by atoms with E-state index in [9.17, 15) is 22.8 Å². The molecule has 172 valence electrons. The van der Waals surface area contributed by atoms with Crippen LogP contribution in [0.1, 0.15) is 21.5 Å². The van der Waals surface area contributed by atoms with E-state index in [0.29, 0.717) is 22.4 Å². The van der Waals surface area contributed by atoms with E-state index in [2.05, 4.69) is 22.2 Å². The lowest BCUT2D eigenvalue weighted by atomic mass is 10.1. The zero-order chi connectivity index (χ0) is 24.5. The molecule has 1 heterocycles. The van der Waals surface area contributed by atoms with Gasteiger partial charge in [0.05, 0.1) is 22.3 Å². The van der Waals surface area contributed by atoms with Crippen molar-refractivity contribution in [3.63, 3.8) is 0 Å². The van der Waals surface area contributed by atoms with Gasteiger partial charge in [-0.2, -0.15) is 13.2 Å². The molecule has 0 radical (unpaired) electrons. The predicted molar refractivity (Wildman–Crippen MR) is 124 cm³/mol. The summed E-state index contributed by atoms with van der Waals surface area (Å²) in [5, 5.41) is 5.30. The number of fused-ring (bicyclic) bond motifs is 1. The number of alkyl halides is 3. The Hall–Kier alpha value is -4.40. The first-order chi connectivity index (χ1) is 16.2. The van der Waals surface area contributed by atoms with Crippen LogP contribution < -0.4 is 10.6 Å². The van der Waals surface area contributed by atoms with Crippen LogP contribution in [0.15, 0.2) is 79.4 Å². The Morgan fingerprint density at radius 2 is 1.76 bits per heavy atom. The number of benzene rings is 3. The summed E-state index contributed by atoms with van der Waals surface area (Å²) < 4.78 is 40.9. The van der Waals surface area contributed by atoms with Crippen molar-refractivity contribution in [2.24, 2.45) is 0 Å². The molecule has 9 heteroatoms. The average Bonchev–Trinajstić information content (AvgIpc) is 3.15. The molecular weight excluding hydrogens is 445 g/mol. The summed E-state index contributed by atoms with van der Waals surface area (Å²) in [7, 11) is 0. The van der Waals surface area contributed by atoms with Crippen LogP contribution in [0, 0.1) is 6.92 Å². The number of hydrogen-bond donors (Lipinski definition) is 2. The quantitative estimate of drug-likeness (QED) is 0.371. The fourth-order valence-corrected chi connectivity index (χ4v) is 3.46. The molecule has 2 N–H and O–H groups in total. The molecule has 0 saturated heterocycles. The van der Waals surface area contributed by atoms with E-state index in [0.717, 1.165) is 23.8 Å². The first kappa shape index (κ1) is 22.8. The van der Waals surface area contributed by atoms with E-state index < -0.39 is 17.6 Å². The number of aryl methyl sites for hydroxylation is 1. The van der Waals surface area contributed by atoms with E-state index >= 15 is 0 Å². The Bertz CT molecular complexity index is 1420. The van der Waals surface area contributed by atoms with Crippen LogP contribution >= 0.6 is 0 Å².